The SMILES string of the molecule is COc1cccc(CCC(C)(C)C)c1OC. The molecular formula is C14H22O2. The number of rotatable bonds is 4. The Morgan fingerprint density at radius 1 is 1.06 bits per heavy atom. The predicted octanol–water partition coefficient (Wildman–Crippen LogP) is 3.68. The van der Waals surface area contributed by atoms with Crippen LogP contribution in [0.1, 0.15) is 32.8 Å². The van der Waals surface area contributed by atoms with Crippen molar-refractivity contribution in [3.63, 3.8) is 0 Å². The third-order valence-corrected chi connectivity index (χ3v) is 2.63. The summed E-state index contributed by atoms with van der Waals surface area (Å²) < 4.78 is 10.7. The Bertz CT molecular complexity index is 337. The molecule has 0 atom stereocenters. The van der Waals surface area contributed by atoms with Gasteiger partial charge in [0.15, 0.2) is 11.5 Å². The fraction of sp³-hybridized carbons (Fsp3) is 0.571. The normalized spacial score (nSPS) is 11.3. The standard InChI is InChI=1S/C14H22O2/c1-14(2,3)10-9-11-7-6-8-12(15-4)13(11)16-5/h6-8H,9-10H2,1-5H3. The van der Waals surface area contributed by atoms with E-state index >= 15 is 0 Å². The molecule has 0 saturated heterocycles. The average Bonchev–Trinajstić information content (AvgIpc) is 2.24. The van der Waals surface area contributed by atoms with Crippen molar-refractivity contribution in [2.75, 3.05) is 14.2 Å². The molecule has 0 fully saturated rings. The van der Waals surface area contributed by atoms with Gasteiger partial charge in [-0.15, -0.1) is 0 Å². The molecule has 0 amide bonds. The van der Waals surface area contributed by atoms with E-state index in [0.29, 0.717) is 5.41 Å². The van der Waals surface area contributed by atoms with Crippen molar-refractivity contribution in [2.45, 2.75) is 33.6 Å². The van der Waals surface area contributed by atoms with Crippen molar-refractivity contribution in [3.8, 4) is 11.5 Å². The smallest absolute Gasteiger partial charge is 0.163 e. The molecule has 2 nitrogen and oxygen atoms in total. The van der Waals surface area contributed by atoms with Crippen LogP contribution in [-0.2, 0) is 6.42 Å². The highest BCUT2D eigenvalue weighted by molar-refractivity contribution is 5.46. The van der Waals surface area contributed by atoms with Crippen LogP contribution in [0.5, 0.6) is 11.5 Å². The van der Waals surface area contributed by atoms with Crippen LogP contribution < -0.4 is 9.47 Å². The molecule has 0 unspecified atom stereocenters. The lowest BCUT2D eigenvalue weighted by molar-refractivity contribution is 0.344. The number of methoxy groups -OCH3 is 2. The van der Waals surface area contributed by atoms with Crippen molar-refractivity contribution < 1.29 is 9.47 Å². The maximum Gasteiger partial charge on any atom is 0.163 e. The van der Waals surface area contributed by atoms with Crippen molar-refractivity contribution in [1.29, 1.82) is 0 Å². The second-order valence-electron chi connectivity index (χ2n) is 5.21. The minimum atomic E-state index is 0.341. The molecule has 0 aliphatic carbocycles. The lowest BCUT2D eigenvalue weighted by Gasteiger charge is -2.19. The minimum absolute atomic E-state index is 0.341. The predicted molar refractivity (Wildman–Crippen MR) is 67.3 cm³/mol. The van der Waals surface area contributed by atoms with E-state index in [1.54, 1.807) is 14.2 Å². The summed E-state index contributed by atoms with van der Waals surface area (Å²) in [5.74, 6) is 1.68. The molecule has 0 heterocycles. The van der Waals surface area contributed by atoms with Crippen LogP contribution in [-0.4, -0.2) is 14.2 Å². The van der Waals surface area contributed by atoms with Gasteiger partial charge < -0.3 is 9.47 Å². The van der Waals surface area contributed by atoms with Gasteiger partial charge >= 0.3 is 0 Å². The highest BCUT2D eigenvalue weighted by Crippen LogP contribution is 2.33. The molecule has 0 radical (unpaired) electrons. The summed E-state index contributed by atoms with van der Waals surface area (Å²) in [7, 11) is 3.36. The Morgan fingerprint density at radius 3 is 2.25 bits per heavy atom. The lowest BCUT2D eigenvalue weighted by Crippen LogP contribution is -2.07. The van der Waals surface area contributed by atoms with Crippen LogP contribution in [0.25, 0.3) is 0 Å². The van der Waals surface area contributed by atoms with Crippen molar-refractivity contribution in [3.05, 3.63) is 23.8 Å². The number of hydrogen-bond donors (Lipinski definition) is 0. The van der Waals surface area contributed by atoms with Gasteiger partial charge in [0.1, 0.15) is 0 Å². The first-order valence-electron chi connectivity index (χ1n) is 5.68. The quantitative estimate of drug-likeness (QED) is 0.773. The molecule has 0 aliphatic rings. The Morgan fingerprint density at radius 2 is 1.75 bits per heavy atom. The summed E-state index contributed by atoms with van der Waals surface area (Å²) in [5.41, 5.74) is 1.56. The molecule has 0 N–H and O–H groups in total. The molecule has 2 heteroatoms. The Labute approximate surface area is 98.6 Å². The number of para-hydroxylation sites is 1. The molecule has 1 aromatic rings. The largest absolute Gasteiger partial charge is 0.493 e. The Balaban J connectivity index is 2.87. The van der Waals surface area contributed by atoms with E-state index in [1.165, 1.54) is 5.56 Å². The molecule has 0 bridgehead atoms. The summed E-state index contributed by atoms with van der Waals surface area (Å²) in [6.07, 6.45) is 2.15. The zero-order valence-corrected chi connectivity index (χ0v) is 11.0. The maximum atomic E-state index is 5.41. The average molecular weight is 222 g/mol. The van der Waals surface area contributed by atoms with Crippen LogP contribution in [0.4, 0.5) is 0 Å². The van der Waals surface area contributed by atoms with Gasteiger partial charge in [-0.1, -0.05) is 32.9 Å². The zero-order valence-electron chi connectivity index (χ0n) is 11.0. The molecule has 0 aliphatic heterocycles. The fourth-order valence-corrected chi connectivity index (χ4v) is 1.66. The van der Waals surface area contributed by atoms with Crippen LogP contribution in [0.15, 0.2) is 18.2 Å². The van der Waals surface area contributed by atoms with Gasteiger partial charge in [-0.2, -0.15) is 0 Å². The first-order chi connectivity index (χ1) is 7.48. The van der Waals surface area contributed by atoms with E-state index in [-0.39, 0.29) is 0 Å². The molecule has 90 valence electrons. The molecule has 16 heavy (non-hydrogen) atoms. The van der Waals surface area contributed by atoms with Gasteiger partial charge in [-0.05, 0) is 29.9 Å². The van der Waals surface area contributed by atoms with Gasteiger partial charge in [-0.25, -0.2) is 0 Å². The second-order valence-corrected chi connectivity index (χ2v) is 5.21. The molecule has 0 spiro atoms. The van der Waals surface area contributed by atoms with Crippen molar-refractivity contribution in [2.24, 2.45) is 5.41 Å². The van der Waals surface area contributed by atoms with Gasteiger partial charge in [0.25, 0.3) is 0 Å². The lowest BCUT2D eigenvalue weighted by atomic mass is 9.88. The Kier molecular flexibility index (Phi) is 4.22. The number of aryl methyl sites for hydroxylation is 1. The summed E-state index contributed by atoms with van der Waals surface area (Å²) >= 11 is 0. The molecular weight excluding hydrogens is 200 g/mol. The molecule has 1 aromatic carbocycles. The van der Waals surface area contributed by atoms with Crippen LogP contribution in [0.3, 0.4) is 0 Å². The second kappa shape index (κ2) is 5.24. The summed E-state index contributed by atoms with van der Waals surface area (Å²) in [4.78, 5) is 0. The number of benzene rings is 1. The molecule has 0 aromatic heterocycles. The van der Waals surface area contributed by atoms with Gasteiger partial charge in [0, 0.05) is 0 Å². The maximum absolute atomic E-state index is 5.41. The van der Waals surface area contributed by atoms with Gasteiger partial charge in [0.05, 0.1) is 14.2 Å². The minimum Gasteiger partial charge on any atom is -0.493 e. The van der Waals surface area contributed by atoms with E-state index < -0.39 is 0 Å². The van der Waals surface area contributed by atoms with E-state index in [9.17, 15) is 0 Å². The third-order valence-electron chi connectivity index (χ3n) is 2.63. The van der Waals surface area contributed by atoms with E-state index in [2.05, 4.69) is 26.8 Å². The zero-order chi connectivity index (χ0) is 12.2. The summed E-state index contributed by atoms with van der Waals surface area (Å²) in [6, 6.07) is 6.05. The van der Waals surface area contributed by atoms with E-state index in [0.717, 1.165) is 24.3 Å². The summed E-state index contributed by atoms with van der Waals surface area (Å²) in [6.45, 7) is 6.75. The van der Waals surface area contributed by atoms with Crippen LogP contribution >= 0.6 is 0 Å². The Hall–Kier alpha value is -1.18. The number of hydrogen-bond acceptors (Lipinski definition) is 2. The highest BCUT2D eigenvalue weighted by Gasteiger charge is 2.14. The first-order valence-corrected chi connectivity index (χ1v) is 5.68. The van der Waals surface area contributed by atoms with Crippen molar-refractivity contribution >= 4 is 0 Å². The summed E-state index contributed by atoms with van der Waals surface area (Å²) in [5, 5.41) is 0. The fourth-order valence-electron chi connectivity index (χ4n) is 1.66. The van der Waals surface area contributed by atoms with Crippen LogP contribution in [0.2, 0.25) is 0 Å². The van der Waals surface area contributed by atoms with Gasteiger partial charge in [0.2, 0.25) is 0 Å². The number of ether oxygens (including phenoxy) is 2. The first kappa shape index (κ1) is 12.9. The van der Waals surface area contributed by atoms with Crippen molar-refractivity contribution in [1.82, 2.24) is 0 Å². The van der Waals surface area contributed by atoms with Crippen LogP contribution in [0, 0.1) is 5.41 Å². The highest BCUT2D eigenvalue weighted by atomic mass is 16.5. The van der Waals surface area contributed by atoms with E-state index in [1.807, 2.05) is 12.1 Å². The third kappa shape index (κ3) is 3.44. The molecule has 0 saturated carbocycles. The molecule has 1 rings (SSSR count). The monoisotopic (exact) mass is 222 g/mol. The van der Waals surface area contributed by atoms with E-state index in [4.69, 9.17) is 9.47 Å². The van der Waals surface area contributed by atoms with Gasteiger partial charge in [-0.3, -0.25) is 0 Å². The topological polar surface area (TPSA) is 18.5 Å².